The molecule has 0 bridgehead atoms. The van der Waals surface area contributed by atoms with E-state index in [1.54, 1.807) is 17.8 Å². The highest BCUT2D eigenvalue weighted by Gasteiger charge is 2.25. The number of rotatable bonds is 5. The lowest BCUT2D eigenvalue weighted by Gasteiger charge is -2.19. The summed E-state index contributed by atoms with van der Waals surface area (Å²) >= 11 is 0. The highest BCUT2D eigenvalue weighted by molar-refractivity contribution is 5.80. The van der Waals surface area contributed by atoms with Crippen molar-refractivity contribution in [3.63, 3.8) is 0 Å². The van der Waals surface area contributed by atoms with Crippen LogP contribution in [0.1, 0.15) is 31.9 Å². The minimum absolute atomic E-state index is 0.0622. The molecule has 0 spiro atoms. The van der Waals surface area contributed by atoms with E-state index in [0.717, 1.165) is 11.6 Å². The van der Waals surface area contributed by atoms with Crippen molar-refractivity contribution in [1.82, 2.24) is 9.78 Å². The standard InChI is InChI=1S/C21H22F2N4O2/c1-21(2,3)18-12-26(4)25-20(18)17-10-16(27(28)29)5-6-19(17)24-11-13-7-14(22)9-15(23)8-13/h5-10,12,24H,11H2,1-4H3. The second kappa shape index (κ2) is 7.62. The molecule has 2 aromatic carbocycles. The molecule has 3 rings (SSSR count). The number of nitro groups is 1. The van der Waals surface area contributed by atoms with Crippen molar-refractivity contribution in [2.75, 3.05) is 5.32 Å². The minimum atomic E-state index is -0.662. The topological polar surface area (TPSA) is 73.0 Å². The Bertz CT molecular complexity index is 1050. The Balaban J connectivity index is 2.06. The predicted octanol–water partition coefficient (Wildman–Crippen LogP) is 5.18. The molecule has 0 radical (unpaired) electrons. The zero-order valence-electron chi connectivity index (χ0n) is 16.7. The second-order valence-electron chi connectivity index (χ2n) is 7.93. The van der Waals surface area contributed by atoms with Crippen LogP contribution in [0.5, 0.6) is 0 Å². The number of nitrogens with one attached hydrogen (secondary N) is 1. The molecule has 6 nitrogen and oxygen atoms in total. The fourth-order valence-electron chi connectivity index (χ4n) is 3.14. The Morgan fingerprint density at radius 1 is 1.14 bits per heavy atom. The summed E-state index contributed by atoms with van der Waals surface area (Å²) in [6, 6.07) is 7.73. The van der Waals surface area contributed by atoms with Crippen molar-refractivity contribution in [3.8, 4) is 11.3 Å². The van der Waals surface area contributed by atoms with Crippen LogP contribution in [0.15, 0.2) is 42.6 Å². The molecule has 0 amide bonds. The lowest BCUT2D eigenvalue weighted by Crippen LogP contribution is -2.12. The van der Waals surface area contributed by atoms with Crippen molar-refractivity contribution >= 4 is 11.4 Å². The van der Waals surface area contributed by atoms with E-state index in [-0.39, 0.29) is 17.6 Å². The van der Waals surface area contributed by atoms with Crippen molar-refractivity contribution < 1.29 is 13.7 Å². The third-order valence-corrected chi connectivity index (χ3v) is 4.51. The smallest absolute Gasteiger partial charge is 0.270 e. The molecule has 0 aliphatic carbocycles. The Kier molecular flexibility index (Phi) is 5.37. The van der Waals surface area contributed by atoms with Crippen molar-refractivity contribution in [1.29, 1.82) is 0 Å². The number of hydrogen-bond donors (Lipinski definition) is 1. The summed E-state index contributed by atoms with van der Waals surface area (Å²) in [6.45, 7) is 6.26. The van der Waals surface area contributed by atoms with E-state index < -0.39 is 16.6 Å². The molecule has 0 saturated heterocycles. The van der Waals surface area contributed by atoms with Crippen molar-refractivity contribution in [3.05, 3.63) is 75.5 Å². The van der Waals surface area contributed by atoms with Crippen molar-refractivity contribution in [2.24, 2.45) is 7.05 Å². The number of nitro benzene ring substituents is 1. The van der Waals surface area contributed by atoms with Gasteiger partial charge in [0.1, 0.15) is 11.6 Å². The Hall–Kier alpha value is -3.29. The average Bonchev–Trinajstić information content (AvgIpc) is 3.01. The Labute approximate surface area is 167 Å². The number of hydrogen-bond acceptors (Lipinski definition) is 4. The van der Waals surface area contributed by atoms with Gasteiger partial charge in [-0.1, -0.05) is 20.8 Å². The summed E-state index contributed by atoms with van der Waals surface area (Å²) in [5, 5.41) is 19.0. The minimum Gasteiger partial charge on any atom is -0.380 e. The van der Waals surface area contributed by atoms with Gasteiger partial charge in [-0.15, -0.1) is 0 Å². The summed E-state index contributed by atoms with van der Waals surface area (Å²) < 4.78 is 28.6. The molecule has 0 aliphatic rings. The second-order valence-corrected chi connectivity index (χ2v) is 7.93. The maximum atomic E-state index is 13.5. The molecule has 8 heteroatoms. The molecule has 1 N–H and O–H groups in total. The first kappa shape index (κ1) is 20.4. The zero-order chi connectivity index (χ0) is 21.3. The van der Waals surface area contributed by atoms with E-state index in [4.69, 9.17) is 0 Å². The number of anilines is 1. The van der Waals surface area contributed by atoms with E-state index in [2.05, 4.69) is 10.4 Å². The molecular formula is C21H22F2N4O2. The van der Waals surface area contributed by atoms with Gasteiger partial charge >= 0.3 is 0 Å². The average molecular weight is 400 g/mol. The highest BCUT2D eigenvalue weighted by atomic mass is 19.1. The molecule has 29 heavy (non-hydrogen) atoms. The van der Waals surface area contributed by atoms with Gasteiger partial charge in [-0.3, -0.25) is 14.8 Å². The van der Waals surface area contributed by atoms with Crippen LogP contribution in [-0.2, 0) is 19.0 Å². The summed E-state index contributed by atoms with van der Waals surface area (Å²) in [7, 11) is 1.79. The molecule has 0 unspecified atom stereocenters. The number of aryl methyl sites for hydroxylation is 1. The van der Waals surface area contributed by atoms with Crippen LogP contribution < -0.4 is 5.32 Å². The molecule has 3 aromatic rings. The van der Waals surface area contributed by atoms with E-state index >= 15 is 0 Å². The van der Waals surface area contributed by atoms with Crippen molar-refractivity contribution in [2.45, 2.75) is 32.7 Å². The van der Waals surface area contributed by atoms with Gasteiger partial charge in [0.15, 0.2) is 0 Å². The van der Waals surface area contributed by atoms with E-state index in [9.17, 15) is 18.9 Å². The van der Waals surface area contributed by atoms with Crippen LogP contribution in [-0.4, -0.2) is 14.7 Å². The van der Waals surface area contributed by atoms with Gasteiger partial charge < -0.3 is 5.32 Å². The van der Waals surface area contributed by atoms with Gasteiger partial charge in [0.2, 0.25) is 0 Å². The van der Waals surface area contributed by atoms with Crippen LogP contribution >= 0.6 is 0 Å². The third kappa shape index (κ3) is 4.59. The highest BCUT2D eigenvalue weighted by Crippen LogP contribution is 2.37. The molecule has 0 saturated carbocycles. The number of aromatic nitrogens is 2. The summed E-state index contributed by atoms with van der Waals surface area (Å²) in [4.78, 5) is 10.8. The monoisotopic (exact) mass is 400 g/mol. The van der Waals surface area contributed by atoms with Gasteiger partial charge in [0, 0.05) is 54.8 Å². The first-order valence-electron chi connectivity index (χ1n) is 9.06. The molecule has 0 atom stereocenters. The zero-order valence-corrected chi connectivity index (χ0v) is 16.7. The number of non-ortho nitro benzene ring substituents is 1. The van der Waals surface area contributed by atoms with E-state index in [1.165, 1.54) is 24.3 Å². The van der Waals surface area contributed by atoms with Crippen LogP contribution in [0.3, 0.4) is 0 Å². The normalized spacial score (nSPS) is 11.5. The number of benzene rings is 2. The predicted molar refractivity (Wildman–Crippen MR) is 108 cm³/mol. The van der Waals surface area contributed by atoms with Crippen LogP contribution in [0, 0.1) is 21.7 Å². The summed E-state index contributed by atoms with van der Waals surface area (Å²) in [5.74, 6) is -1.32. The number of nitrogens with zero attached hydrogens (tertiary/aromatic N) is 3. The molecule has 1 heterocycles. The van der Waals surface area contributed by atoms with Gasteiger partial charge in [0.05, 0.1) is 10.6 Å². The maximum Gasteiger partial charge on any atom is 0.270 e. The molecule has 152 valence electrons. The van der Waals surface area contributed by atoms with Crippen LogP contribution in [0.4, 0.5) is 20.2 Å². The largest absolute Gasteiger partial charge is 0.380 e. The van der Waals surface area contributed by atoms with Gasteiger partial charge in [-0.25, -0.2) is 8.78 Å². The van der Waals surface area contributed by atoms with Crippen LogP contribution in [0.2, 0.25) is 0 Å². The molecule has 0 fully saturated rings. The van der Waals surface area contributed by atoms with Crippen LogP contribution in [0.25, 0.3) is 11.3 Å². The fourth-order valence-corrected chi connectivity index (χ4v) is 3.14. The fraction of sp³-hybridized carbons (Fsp3) is 0.286. The molecule has 0 aliphatic heterocycles. The number of halogens is 2. The summed E-state index contributed by atoms with van der Waals surface area (Å²) in [6.07, 6.45) is 1.89. The van der Waals surface area contributed by atoms with E-state index in [1.807, 2.05) is 27.0 Å². The SMILES string of the molecule is Cn1cc(C(C)(C)C)c(-c2cc([N+](=O)[O-])ccc2NCc2cc(F)cc(F)c2)n1. The lowest BCUT2D eigenvalue weighted by molar-refractivity contribution is -0.384. The summed E-state index contributed by atoms with van der Waals surface area (Å²) in [5.41, 5.74) is 2.82. The first-order chi connectivity index (χ1) is 13.5. The van der Waals surface area contributed by atoms with Gasteiger partial charge in [-0.05, 0) is 29.2 Å². The maximum absolute atomic E-state index is 13.5. The van der Waals surface area contributed by atoms with Gasteiger partial charge in [0.25, 0.3) is 5.69 Å². The Morgan fingerprint density at radius 3 is 2.38 bits per heavy atom. The first-order valence-corrected chi connectivity index (χ1v) is 9.06. The van der Waals surface area contributed by atoms with E-state index in [0.29, 0.717) is 22.5 Å². The lowest BCUT2D eigenvalue weighted by atomic mass is 9.85. The third-order valence-electron chi connectivity index (χ3n) is 4.51. The molecule has 1 aromatic heterocycles. The Morgan fingerprint density at radius 2 is 1.79 bits per heavy atom. The van der Waals surface area contributed by atoms with Gasteiger partial charge in [-0.2, -0.15) is 5.10 Å². The molecular weight excluding hydrogens is 378 g/mol. The quantitative estimate of drug-likeness (QED) is 0.473.